The molecule has 140 valence electrons. The highest BCUT2D eigenvalue weighted by Crippen LogP contribution is 2.18. The lowest BCUT2D eigenvalue weighted by Gasteiger charge is -2.09. The summed E-state index contributed by atoms with van der Waals surface area (Å²) in [6.45, 7) is 3.88. The van der Waals surface area contributed by atoms with Crippen molar-refractivity contribution < 1.29 is 17.9 Å². The van der Waals surface area contributed by atoms with Gasteiger partial charge in [0, 0.05) is 19.6 Å². The first-order valence-electron chi connectivity index (χ1n) is 8.08. The van der Waals surface area contributed by atoms with Crippen LogP contribution < -0.4 is 10.0 Å². The minimum absolute atomic E-state index is 0. The highest BCUT2D eigenvalue weighted by atomic mass is 35.5. The van der Waals surface area contributed by atoms with Gasteiger partial charge >= 0.3 is 5.97 Å². The summed E-state index contributed by atoms with van der Waals surface area (Å²) in [5.74, 6) is -0.467. The highest BCUT2D eigenvalue weighted by Gasteiger charge is 2.16. The van der Waals surface area contributed by atoms with Crippen LogP contribution in [0.1, 0.15) is 34.0 Å². The van der Waals surface area contributed by atoms with E-state index in [9.17, 15) is 13.2 Å². The van der Waals surface area contributed by atoms with Gasteiger partial charge in [0.15, 0.2) is 0 Å². The fraction of sp³-hybridized carbons (Fsp3) is 0.278. The summed E-state index contributed by atoms with van der Waals surface area (Å²) >= 11 is 0. The first-order chi connectivity index (χ1) is 12.0. The average Bonchev–Trinajstić information content (AvgIpc) is 3.08. The molecule has 2 N–H and O–H groups in total. The quantitative estimate of drug-likeness (QED) is 0.732. The predicted octanol–water partition coefficient (Wildman–Crippen LogP) is 2.37. The smallest absolute Gasteiger partial charge is 0.338 e. The van der Waals surface area contributed by atoms with E-state index in [1.165, 1.54) is 35.4 Å². The molecule has 0 saturated carbocycles. The van der Waals surface area contributed by atoms with Gasteiger partial charge in [0.05, 0.1) is 17.1 Å². The first kappa shape index (κ1) is 20.4. The predicted molar refractivity (Wildman–Crippen MR) is 101 cm³/mol. The zero-order chi connectivity index (χ0) is 17.9. The van der Waals surface area contributed by atoms with Gasteiger partial charge in [0.2, 0.25) is 10.0 Å². The minimum Gasteiger partial charge on any atom is -0.462 e. The van der Waals surface area contributed by atoms with E-state index in [0.717, 1.165) is 18.7 Å². The van der Waals surface area contributed by atoms with E-state index in [1.807, 2.05) is 18.2 Å². The van der Waals surface area contributed by atoms with E-state index in [0.29, 0.717) is 5.56 Å². The molecule has 2 aromatic rings. The van der Waals surface area contributed by atoms with Crippen LogP contribution in [0.3, 0.4) is 0 Å². The average molecular weight is 397 g/mol. The zero-order valence-corrected chi connectivity index (χ0v) is 16.0. The Labute approximate surface area is 159 Å². The Morgan fingerprint density at radius 3 is 2.50 bits per heavy atom. The number of halogens is 1. The number of carbonyl (C=O) groups excluding carboxylic acids is 1. The van der Waals surface area contributed by atoms with Gasteiger partial charge < -0.3 is 10.1 Å². The summed E-state index contributed by atoms with van der Waals surface area (Å²) in [4.78, 5) is 11.7. The Kier molecular flexibility index (Phi) is 6.77. The van der Waals surface area contributed by atoms with Crippen molar-refractivity contribution in [2.75, 3.05) is 6.61 Å². The fourth-order valence-corrected chi connectivity index (χ4v) is 3.72. The van der Waals surface area contributed by atoms with Crippen LogP contribution in [0, 0.1) is 0 Å². The number of ether oxygens (including phenoxy) is 1. The molecule has 1 aliphatic rings. The van der Waals surface area contributed by atoms with E-state index in [4.69, 9.17) is 4.74 Å². The van der Waals surface area contributed by atoms with Crippen LogP contribution in [0.5, 0.6) is 0 Å². The van der Waals surface area contributed by atoms with Crippen LogP contribution in [0.4, 0.5) is 0 Å². The van der Waals surface area contributed by atoms with Gasteiger partial charge in [-0.1, -0.05) is 18.2 Å². The van der Waals surface area contributed by atoms with Crippen LogP contribution in [0.15, 0.2) is 47.4 Å². The number of nitrogens with one attached hydrogen (secondary N) is 2. The topological polar surface area (TPSA) is 84.5 Å². The van der Waals surface area contributed by atoms with Crippen molar-refractivity contribution >= 4 is 28.4 Å². The molecule has 0 aliphatic carbocycles. The maximum absolute atomic E-state index is 12.4. The molecule has 1 heterocycles. The molecule has 0 aromatic heterocycles. The van der Waals surface area contributed by atoms with Crippen molar-refractivity contribution in [3.63, 3.8) is 0 Å². The number of benzene rings is 2. The van der Waals surface area contributed by atoms with E-state index >= 15 is 0 Å². The molecule has 0 unspecified atom stereocenters. The zero-order valence-electron chi connectivity index (χ0n) is 14.3. The SMILES string of the molecule is CCOC(=O)c1ccc(S(=O)(=O)NCc2ccc3c(c2)CNC3)cc1.Cl. The van der Waals surface area contributed by atoms with Crippen LogP contribution in [0.2, 0.25) is 0 Å². The van der Waals surface area contributed by atoms with Gasteiger partial charge in [-0.15, -0.1) is 12.4 Å². The number of hydrogen-bond acceptors (Lipinski definition) is 5. The molecule has 0 amide bonds. The Hall–Kier alpha value is -1.93. The Morgan fingerprint density at radius 2 is 1.81 bits per heavy atom. The molecule has 0 saturated heterocycles. The van der Waals surface area contributed by atoms with E-state index in [1.54, 1.807) is 6.92 Å². The third kappa shape index (κ3) is 4.62. The summed E-state index contributed by atoms with van der Waals surface area (Å²) in [5.41, 5.74) is 3.69. The maximum Gasteiger partial charge on any atom is 0.338 e. The molecule has 0 radical (unpaired) electrons. The molecule has 1 aliphatic heterocycles. The summed E-state index contributed by atoms with van der Waals surface area (Å²) in [7, 11) is -3.65. The first-order valence-corrected chi connectivity index (χ1v) is 9.56. The van der Waals surface area contributed by atoms with E-state index in [-0.39, 0.29) is 30.5 Å². The number of carbonyl (C=O) groups is 1. The normalized spacial score (nSPS) is 13.0. The highest BCUT2D eigenvalue weighted by molar-refractivity contribution is 7.89. The summed E-state index contributed by atoms with van der Waals surface area (Å²) in [6.07, 6.45) is 0. The lowest BCUT2D eigenvalue weighted by Crippen LogP contribution is -2.23. The van der Waals surface area contributed by atoms with Crippen LogP contribution >= 0.6 is 12.4 Å². The molecule has 0 bridgehead atoms. The summed E-state index contributed by atoms with van der Waals surface area (Å²) in [5, 5.41) is 3.26. The number of sulfonamides is 1. The molecule has 2 aromatic carbocycles. The minimum atomic E-state index is -3.65. The van der Waals surface area contributed by atoms with E-state index < -0.39 is 16.0 Å². The fourth-order valence-electron chi connectivity index (χ4n) is 2.70. The maximum atomic E-state index is 12.4. The molecule has 3 rings (SSSR count). The van der Waals surface area contributed by atoms with E-state index in [2.05, 4.69) is 10.0 Å². The largest absolute Gasteiger partial charge is 0.462 e. The molecule has 0 atom stereocenters. The summed E-state index contributed by atoms with van der Waals surface area (Å²) in [6, 6.07) is 11.7. The van der Waals surface area contributed by atoms with Gasteiger partial charge in [0.25, 0.3) is 0 Å². The number of esters is 1. The van der Waals surface area contributed by atoms with Gasteiger partial charge in [-0.3, -0.25) is 0 Å². The number of fused-ring (bicyclic) bond motifs is 1. The molecule has 0 spiro atoms. The van der Waals surface area contributed by atoms with Crippen molar-refractivity contribution in [1.29, 1.82) is 0 Å². The Morgan fingerprint density at radius 1 is 1.12 bits per heavy atom. The van der Waals surface area contributed by atoms with Crippen molar-refractivity contribution in [2.45, 2.75) is 31.5 Å². The van der Waals surface area contributed by atoms with Gasteiger partial charge in [-0.05, 0) is 47.9 Å². The molecular formula is C18H21ClN2O4S. The molecule has 26 heavy (non-hydrogen) atoms. The second kappa shape index (κ2) is 8.64. The lowest BCUT2D eigenvalue weighted by atomic mass is 10.1. The van der Waals surface area contributed by atoms with Crippen molar-refractivity contribution in [2.24, 2.45) is 0 Å². The Bertz CT molecular complexity index is 883. The van der Waals surface area contributed by atoms with Crippen LogP contribution in [-0.2, 0) is 34.4 Å². The summed E-state index contributed by atoms with van der Waals surface area (Å²) < 4.78 is 32.3. The second-order valence-corrected chi connectivity index (χ2v) is 7.54. The second-order valence-electron chi connectivity index (χ2n) is 5.78. The van der Waals surface area contributed by atoms with Crippen molar-refractivity contribution in [3.8, 4) is 0 Å². The van der Waals surface area contributed by atoms with Crippen LogP contribution in [0.25, 0.3) is 0 Å². The van der Waals surface area contributed by atoms with Gasteiger partial charge in [0.1, 0.15) is 0 Å². The van der Waals surface area contributed by atoms with Crippen molar-refractivity contribution in [1.82, 2.24) is 10.0 Å². The van der Waals surface area contributed by atoms with Gasteiger partial charge in [-0.2, -0.15) is 0 Å². The molecule has 8 heteroatoms. The monoisotopic (exact) mass is 396 g/mol. The number of hydrogen-bond donors (Lipinski definition) is 2. The Balaban J connectivity index is 0.00000243. The lowest BCUT2D eigenvalue weighted by molar-refractivity contribution is 0.0526. The van der Waals surface area contributed by atoms with Crippen molar-refractivity contribution in [3.05, 3.63) is 64.7 Å². The molecule has 0 fully saturated rings. The third-order valence-corrected chi connectivity index (χ3v) is 5.46. The van der Waals surface area contributed by atoms with Crippen LogP contribution in [-0.4, -0.2) is 21.0 Å². The molecule has 6 nitrogen and oxygen atoms in total. The standard InChI is InChI=1S/C18H20N2O4S.ClH/c1-2-24-18(21)14-5-7-17(8-6-14)25(22,23)20-10-13-3-4-15-11-19-12-16(15)9-13;/h3-9,19-20H,2,10-12H2,1H3;1H. The molecular weight excluding hydrogens is 376 g/mol. The van der Waals surface area contributed by atoms with Gasteiger partial charge in [-0.25, -0.2) is 17.9 Å². The number of rotatable bonds is 6. The third-order valence-electron chi connectivity index (χ3n) is 4.04.